The fourth-order valence-corrected chi connectivity index (χ4v) is 12.7. The van der Waals surface area contributed by atoms with E-state index in [0.29, 0.717) is 0 Å². The molecule has 2 aliphatic carbocycles. The molecule has 0 amide bonds. The molecule has 0 nitrogen and oxygen atoms in total. The maximum absolute atomic E-state index is 2.64. The Bertz CT molecular complexity index is 1710. The molecule has 0 spiro atoms. The van der Waals surface area contributed by atoms with Gasteiger partial charge in [0.25, 0.3) is 0 Å². The van der Waals surface area contributed by atoms with Crippen molar-refractivity contribution in [2.24, 2.45) is 0 Å². The van der Waals surface area contributed by atoms with E-state index in [9.17, 15) is 0 Å². The molecule has 4 aromatic rings. The van der Waals surface area contributed by atoms with Gasteiger partial charge in [-0.05, 0) is 104 Å². The van der Waals surface area contributed by atoms with Gasteiger partial charge in [0.1, 0.15) is 8.07 Å². The minimum atomic E-state index is -1.89. The Morgan fingerprint density at radius 1 is 0.533 bits per heavy atom. The first-order valence-corrected chi connectivity index (χ1v) is 19.6. The molecule has 0 unspecified atom stereocenters. The van der Waals surface area contributed by atoms with Crippen LogP contribution >= 0.6 is 0 Å². The molecule has 0 N–H and O–H groups in total. The van der Waals surface area contributed by atoms with E-state index in [-0.39, 0.29) is 10.8 Å². The van der Waals surface area contributed by atoms with E-state index in [2.05, 4.69) is 154 Å². The van der Waals surface area contributed by atoms with Gasteiger partial charge in [-0.1, -0.05) is 163 Å². The van der Waals surface area contributed by atoms with E-state index < -0.39 is 8.07 Å². The van der Waals surface area contributed by atoms with E-state index in [1.165, 1.54) is 78.8 Å². The Morgan fingerprint density at radius 2 is 0.933 bits per heavy atom. The first kappa shape index (κ1) is 31.6. The van der Waals surface area contributed by atoms with E-state index >= 15 is 0 Å². The molecule has 1 heteroatoms. The lowest BCUT2D eigenvalue weighted by atomic mass is 9.84. The van der Waals surface area contributed by atoms with Gasteiger partial charge in [0.05, 0.1) is 0 Å². The minimum absolute atomic E-state index is 0.156. The monoisotopic (exact) mass is 608 g/mol. The molecular weight excluding hydrogens is 557 g/mol. The number of benzene rings is 4. The lowest BCUT2D eigenvalue weighted by molar-refractivity contribution is 0.589. The summed E-state index contributed by atoms with van der Waals surface area (Å²) in [5.41, 5.74) is 17.4. The molecule has 0 atom stereocenters. The normalized spacial score (nSPS) is 14.7. The third-order valence-corrected chi connectivity index (χ3v) is 16.5. The van der Waals surface area contributed by atoms with Gasteiger partial charge in [0.15, 0.2) is 0 Å². The Balaban J connectivity index is 1.40. The molecule has 0 bridgehead atoms. The number of hydrogen-bond donors (Lipinski definition) is 0. The van der Waals surface area contributed by atoms with Gasteiger partial charge >= 0.3 is 0 Å². The Kier molecular flexibility index (Phi) is 8.01. The van der Waals surface area contributed by atoms with E-state index in [1.807, 2.05) is 0 Å². The number of hydrogen-bond acceptors (Lipinski definition) is 0. The maximum Gasteiger partial charge on any atom is 0.109 e. The summed E-state index contributed by atoms with van der Waals surface area (Å²) < 4.78 is 0. The predicted molar refractivity (Wildman–Crippen MR) is 201 cm³/mol. The van der Waals surface area contributed by atoms with Crippen molar-refractivity contribution in [3.63, 3.8) is 0 Å². The third kappa shape index (κ3) is 5.52. The Morgan fingerprint density at radius 3 is 1.27 bits per heavy atom. The molecule has 45 heavy (non-hydrogen) atoms. The van der Waals surface area contributed by atoms with Crippen LogP contribution in [0.25, 0.3) is 34.4 Å². The molecule has 0 aliphatic heterocycles. The van der Waals surface area contributed by atoms with Crippen molar-refractivity contribution in [1.82, 2.24) is 0 Å². The number of rotatable bonds is 6. The van der Waals surface area contributed by atoms with Crippen LogP contribution in [-0.2, 0) is 23.7 Å². The molecule has 232 valence electrons. The molecule has 0 heterocycles. The molecule has 0 saturated carbocycles. The van der Waals surface area contributed by atoms with Crippen molar-refractivity contribution in [3.8, 4) is 22.3 Å². The topological polar surface area (TPSA) is 0 Å². The average Bonchev–Trinajstić information content (AvgIpc) is 3.63. The van der Waals surface area contributed by atoms with Gasteiger partial charge in [-0.3, -0.25) is 0 Å². The zero-order chi connectivity index (χ0) is 32.3. The zero-order valence-corrected chi connectivity index (χ0v) is 30.4. The summed E-state index contributed by atoms with van der Waals surface area (Å²) in [5, 5.41) is 3.45. The van der Waals surface area contributed by atoms with Gasteiger partial charge in [-0.15, -0.1) is 0 Å². The molecule has 6 rings (SSSR count). The first-order chi connectivity index (χ1) is 21.3. The Labute approximate surface area is 274 Å². The first-order valence-electron chi connectivity index (χ1n) is 17.2. The van der Waals surface area contributed by atoms with Crippen LogP contribution in [0.4, 0.5) is 0 Å². The van der Waals surface area contributed by atoms with Crippen molar-refractivity contribution in [1.29, 1.82) is 0 Å². The fraction of sp³-hybridized carbons (Fsp3) is 0.364. The van der Waals surface area contributed by atoms with Crippen molar-refractivity contribution in [3.05, 3.63) is 128 Å². The van der Waals surface area contributed by atoms with Crippen LogP contribution in [-0.4, -0.2) is 8.07 Å². The molecule has 0 radical (unpaired) electrons. The van der Waals surface area contributed by atoms with Gasteiger partial charge in [0, 0.05) is 0 Å². The van der Waals surface area contributed by atoms with E-state index in [4.69, 9.17) is 0 Å². The standard InChI is InChI=1S/C44H52Si/c1-11-45(12-2,35-25-31-15-13-17-39(41(31)27-35)37-21-19-33(23-29(37)3)43(5,6)7)36-26-32-16-14-18-40(42(32)28-36)38-22-20-34(24-30(38)4)44(8,9)10/h13-24,27-28H,11-12,25-26H2,1-10H3. The number of allylic oxidation sites excluding steroid dienone is 2. The lowest BCUT2D eigenvalue weighted by Crippen LogP contribution is -2.39. The zero-order valence-electron chi connectivity index (χ0n) is 29.4. The minimum Gasteiger partial charge on any atom is -0.0709 e. The molecule has 0 fully saturated rings. The SMILES string of the molecule is CC[Si](CC)(C1=Cc2c(cccc2-c2ccc(C(C)(C)C)cc2C)C1)C1=Cc2c(cccc2-c2ccc(C(C)(C)C)cc2C)C1. The second kappa shape index (κ2) is 11.4. The number of aryl methyl sites for hydroxylation is 2. The largest absolute Gasteiger partial charge is 0.109 e. The summed E-state index contributed by atoms with van der Waals surface area (Å²) in [6.45, 7) is 23.3. The predicted octanol–water partition coefficient (Wildman–Crippen LogP) is 12.4. The van der Waals surface area contributed by atoms with Crippen molar-refractivity contribution in [2.75, 3.05) is 0 Å². The summed E-state index contributed by atoms with van der Waals surface area (Å²) >= 11 is 0. The van der Waals surface area contributed by atoms with Gasteiger partial charge in [-0.25, -0.2) is 0 Å². The van der Waals surface area contributed by atoms with Crippen molar-refractivity contribution < 1.29 is 0 Å². The van der Waals surface area contributed by atoms with Crippen molar-refractivity contribution >= 4 is 20.2 Å². The highest BCUT2D eigenvalue weighted by Crippen LogP contribution is 2.47. The molecule has 2 aliphatic rings. The Hall–Kier alpha value is -3.42. The molecular formula is C44H52Si. The summed E-state index contributed by atoms with van der Waals surface area (Å²) in [6.07, 6.45) is 7.48. The van der Waals surface area contributed by atoms with Crippen molar-refractivity contribution in [2.45, 2.75) is 105 Å². The lowest BCUT2D eigenvalue weighted by Gasteiger charge is -2.33. The van der Waals surface area contributed by atoms with Crippen LogP contribution < -0.4 is 0 Å². The van der Waals surface area contributed by atoms with E-state index in [1.54, 1.807) is 10.4 Å². The van der Waals surface area contributed by atoms with Crippen LogP contribution in [0.15, 0.2) is 83.2 Å². The quantitative estimate of drug-likeness (QED) is 0.191. The van der Waals surface area contributed by atoms with Crippen LogP contribution in [0, 0.1) is 13.8 Å². The second-order valence-electron chi connectivity index (χ2n) is 15.8. The van der Waals surface area contributed by atoms with Gasteiger partial charge in [-0.2, -0.15) is 0 Å². The summed E-state index contributed by atoms with van der Waals surface area (Å²) in [5.74, 6) is 0. The second-order valence-corrected chi connectivity index (χ2v) is 20.7. The smallest absolute Gasteiger partial charge is 0.0709 e. The highest BCUT2D eigenvalue weighted by Gasteiger charge is 2.41. The number of fused-ring (bicyclic) bond motifs is 2. The van der Waals surface area contributed by atoms with E-state index in [0.717, 1.165) is 12.8 Å². The van der Waals surface area contributed by atoms with Crippen LogP contribution in [0.3, 0.4) is 0 Å². The summed E-state index contributed by atoms with van der Waals surface area (Å²) in [6, 6.07) is 30.8. The van der Waals surface area contributed by atoms with Crippen LogP contribution in [0.2, 0.25) is 12.1 Å². The van der Waals surface area contributed by atoms with Crippen LogP contribution in [0.5, 0.6) is 0 Å². The highest BCUT2D eigenvalue weighted by atomic mass is 28.3. The average molecular weight is 609 g/mol. The maximum atomic E-state index is 2.64. The molecule has 4 aromatic carbocycles. The fourth-order valence-electron chi connectivity index (χ4n) is 8.05. The third-order valence-electron chi connectivity index (χ3n) is 11.0. The molecule has 0 saturated heterocycles. The van der Waals surface area contributed by atoms with Crippen LogP contribution in [0.1, 0.15) is 99.9 Å². The summed E-state index contributed by atoms with van der Waals surface area (Å²) in [4.78, 5) is 0. The van der Waals surface area contributed by atoms with Gasteiger partial charge in [0.2, 0.25) is 0 Å². The summed E-state index contributed by atoms with van der Waals surface area (Å²) in [7, 11) is -1.89. The molecule has 0 aromatic heterocycles. The highest BCUT2D eigenvalue weighted by molar-refractivity contribution is 6.94. The van der Waals surface area contributed by atoms with Gasteiger partial charge < -0.3 is 0 Å².